The smallest absolute Gasteiger partial charge is 0.463 e. The minimum Gasteiger partial charge on any atom is -0.463 e. The number of aliphatic hydroxyl groups excluding tert-OH is 10. The highest BCUT2D eigenvalue weighted by molar-refractivity contribution is 7.47. The maximum absolute atomic E-state index is 14.3. The van der Waals surface area contributed by atoms with Crippen molar-refractivity contribution in [2.75, 3.05) is 26.4 Å². The monoisotopic (exact) mass is 1480 g/mol. The molecule has 3 rings (SSSR count). The number of unbranched alkanes of at least 4 members (excludes halogenated alkanes) is 38. The van der Waals surface area contributed by atoms with E-state index in [4.69, 9.17) is 42.2 Å². The molecule has 11 N–H and O–H groups in total. The van der Waals surface area contributed by atoms with Crippen LogP contribution in [0.2, 0.25) is 0 Å². The molecule has 2 aliphatic heterocycles. The molecule has 0 aromatic heterocycles. The van der Waals surface area contributed by atoms with Crippen molar-refractivity contribution in [2.24, 2.45) is 0 Å². The van der Waals surface area contributed by atoms with Gasteiger partial charge in [0.25, 0.3) is 0 Å². The first-order valence-electron chi connectivity index (χ1n) is 39.8. The second-order valence-corrected chi connectivity index (χ2v) is 29.9. The number of allylic oxidation sites excluding steroid dienone is 5. The van der Waals surface area contributed by atoms with Crippen LogP contribution in [-0.4, -0.2) is 204 Å². The van der Waals surface area contributed by atoms with Gasteiger partial charge in [0.15, 0.2) is 18.7 Å². The van der Waals surface area contributed by atoms with Crippen LogP contribution in [0.15, 0.2) is 36.5 Å². The van der Waals surface area contributed by atoms with E-state index in [0.717, 1.165) is 115 Å². The standard InChI is InChI=1S/C77H139O24P/c1-4-7-10-13-16-19-22-25-28-29-32-34-36-39-42-45-48-51-61(79)93-55-58(96-63(81)53-50-47-44-41-38-35-31-27-24-21-18-15-12-9-6-3)56-95-102(91,92)101-75-73(99-76-71(89)66(84)64(82)59(54-78)97-76)69(87)68(86)70(88)74(75)100-77-72(90)67(85)65(83)60(98-77)57-94-62(80)52-49-46-43-40-37-33-30-26-23-20-17-14-11-8-5-2/h20,23,44,47,50,53,58-60,64-78,82-90H,4-19,21-22,24-43,45-46,48-49,51-52,54-57H2,1-3H3,(H,91,92)/b23-20-,47-44+,53-50+. The van der Waals surface area contributed by atoms with Crippen molar-refractivity contribution < 1.29 is 117 Å². The molecule has 3 fully saturated rings. The van der Waals surface area contributed by atoms with Gasteiger partial charge in [-0.15, -0.1) is 0 Å². The Hall–Kier alpha value is -2.82. The summed E-state index contributed by atoms with van der Waals surface area (Å²) >= 11 is 0. The summed E-state index contributed by atoms with van der Waals surface area (Å²) in [6, 6.07) is 0. The van der Waals surface area contributed by atoms with Crippen LogP contribution in [0, 0.1) is 0 Å². The lowest BCUT2D eigenvalue weighted by atomic mass is 9.84. The lowest BCUT2D eigenvalue weighted by Crippen LogP contribution is -2.69. The summed E-state index contributed by atoms with van der Waals surface area (Å²) in [5.74, 6) is -2.24. The average molecular weight is 1480 g/mol. The van der Waals surface area contributed by atoms with E-state index >= 15 is 0 Å². The summed E-state index contributed by atoms with van der Waals surface area (Å²) in [7, 11) is -5.73. The fraction of sp³-hybridized carbons (Fsp3) is 0.883. The third-order valence-electron chi connectivity index (χ3n) is 19.5. The van der Waals surface area contributed by atoms with Gasteiger partial charge in [0.2, 0.25) is 0 Å². The van der Waals surface area contributed by atoms with E-state index in [-0.39, 0.29) is 12.8 Å². The van der Waals surface area contributed by atoms with E-state index < -0.39 is 156 Å². The molecule has 0 aromatic carbocycles. The molecule has 0 aromatic rings. The number of carbonyl (C=O) groups excluding carboxylic acids is 3. The van der Waals surface area contributed by atoms with Crippen LogP contribution in [0.25, 0.3) is 0 Å². The highest BCUT2D eigenvalue weighted by Gasteiger charge is 2.58. The molecule has 18 atom stereocenters. The van der Waals surface area contributed by atoms with Gasteiger partial charge >= 0.3 is 25.7 Å². The number of phosphoric ester groups is 1. The molecule has 24 nitrogen and oxygen atoms in total. The van der Waals surface area contributed by atoms with Crippen molar-refractivity contribution in [3.8, 4) is 0 Å². The molecular formula is C77H139O24P. The highest BCUT2D eigenvalue weighted by atomic mass is 31.2. The Balaban J connectivity index is 1.73. The van der Waals surface area contributed by atoms with Crippen molar-refractivity contribution in [3.05, 3.63) is 36.5 Å². The van der Waals surface area contributed by atoms with E-state index in [1.54, 1.807) is 6.08 Å². The molecule has 2 saturated heterocycles. The quantitative estimate of drug-likeness (QED) is 0.00512. The maximum atomic E-state index is 14.3. The summed E-state index contributed by atoms with van der Waals surface area (Å²) in [6.07, 6.45) is 22.6. The number of hydrogen-bond acceptors (Lipinski definition) is 23. The molecule has 2 heterocycles. The molecule has 1 aliphatic carbocycles. The van der Waals surface area contributed by atoms with Crippen LogP contribution in [0.5, 0.6) is 0 Å². The molecule has 102 heavy (non-hydrogen) atoms. The molecule has 3 aliphatic rings. The second-order valence-electron chi connectivity index (χ2n) is 28.5. The Labute approximate surface area is 610 Å². The number of rotatable bonds is 62. The molecule has 0 radical (unpaired) electrons. The third kappa shape index (κ3) is 40.4. The predicted octanol–water partition coefficient (Wildman–Crippen LogP) is 11.9. The third-order valence-corrected chi connectivity index (χ3v) is 20.5. The molecular weight excluding hydrogens is 1340 g/mol. The first-order valence-corrected chi connectivity index (χ1v) is 41.3. The van der Waals surface area contributed by atoms with Gasteiger partial charge < -0.3 is 89.1 Å². The molecule has 0 bridgehead atoms. The summed E-state index contributed by atoms with van der Waals surface area (Å²) in [6.45, 7) is 3.35. The fourth-order valence-corrected chi connectivity index (χ4v) is 14.0. The van der Waals surface area contributed by atoms with Gasteiger partial charge in [-0.2, -0.15) is 0 Å². The number of phosphoric acid groups is 1. The Kier molecular flexibility index (Phi) is 53.3. The van der Waals surface area contributed by atoms with Crippen LogP contribution in [-0.2, 0) is 61.2 Å². The minimum absolute atomic E-state index is 0.0196. The van der Waals surface area contributed by atoms with Crippen molar-refractivity contribution in [1.82, 2.24) is 0 Å². The second kappa shape index (κ2) is 58.2. The van der Waals surface area contributed by atoms with Gasteiger partial charge in [0.1, 0.15) is 98.7 Å². The van der Waals surface area contributed by atoms with Gasteiger partial charge in [-0.05, 0) is 51.4 Å². The molecule has 1 saturated carbocycles. The maximum Gasteiger partial charge on any atom is 0.472 e. The lowest BCUT2D eigenvalue weighted by Gasteiger charge is -2.49. The van der Waals surface area contributed by atoms with Gasteiger partial charge in [-0.3, -0.25) is 18.6 Å². The van der Waals surface area contributed by atoms with Crippen molar-refractivity contribution in [3.63, 3.8) is 0 Å². The van der Waals surface area contributed by atoms with Crippen molar-refractivity contribution >= 4 is 25.7 Å². The van der Waals surface area contributed by atoms with Crippen LogP contribution < -0.4 is 0 Å². The number of carbonyl (C=O) groups is 3. The zero-order valence-electron chi connectivity index (χ0n) is 62.4. The molecule has 596 valence electrons. The fourth-order valence-electron chi connectivity index (χ4n) is 13.0. The average Bonchev–Trinajstić information content (AvgIpc) is 0.761. The zero-order valence-corrected chi connectivity index (χ0v) is 63.3. The van der Waals surface area contributed by atoms with E-state index in [2.05, 4.69) is 32.9 Å². The Bertz CT molecular complexity index is 2240. The van der Waals surface area contributed by atoms with E-state index in [1.807, 2.05) is 6.08 Å². The van der Waals surface area contributed by atoms with Gasteiger partial charge in [0, 0.05) is 18.9 Å². The summed E-state index contributed by atoms with van der Waals surface area (Å²) in [5, 5.41) is 110. The zero-order chi connectivity index (χ0) is 74.6. The van der Waals surface area contributed by atoms with Crippen LogP contribution in [0.4, 0.5) is 0 Å². The number of hydrogen-bond donors (Lipinski definition) is 11. The Morgan fingerprint density at radius 3 is 1.18 bits per heavy atom. The normalized spacial score (nSPS) is 27.2. The molecule has 18 unspecified atom stereocenters. The van der Waals surface area contributed by atoms with Crippen LogP contribution in [0.3, 0.4) is 0 Å². The Morgan fingerprint density at radius 1 is 0.402 bits per heavy atom. The Morgan fingerprint density at radius 2 is 0.755 bits per heavy atom. The lowest BCUT2D eigenvalue weighted by molar-refractivity contribution is -0.360. The summed E-state index contributed by atoms with van der Waals surface area (Å²) < 4.78 is 64.9. The number of esters is 3. The summed E-state index contributed by atoms with van der Waals surface area (Å²) in [4.78, 5) is 51.0. The van der Waals surface area contributed by atoms with E-state index in [0.29, 0.717) is 12.8 Å². The largest absolute Gasteiger partial charge is 0.472 e. The highest BCUT2D eigenvalue weighted by Crippen LogP contribution is 2.49. The minimum atomic E-state index is -5.73. The van der Waals surface area contributed by atoms with Gasteiger partial charge in [-0.1, -0.05) is 269 Å². The number of ether oxygens (including phenoxy) is 7. The molecule has 0 spiro atoms. The van der Waals surface area contributed by atoms with Gasteiger partial charge in [-0.25, -0.2) is 9.36 Å². The van der Waals surface area contributed by atoms with E-state index in [1.165, 1.54) is 154 Å². The van der Waals surface area contributed by atoms with Crippen molar-refractivity contribution in [2.45, 2.75) is 407 Å². The first-order chi connectivity index (χ1) is 49.3. The van der Waals surface area contributed by atoms with Gasteiger partial charge in [0.05, 0.1) is 13.2 Å². The topological polar surface area (TPSA) is 374 Å². The van der Waals surface area contributed by atoms with E-state index in [9.17, 15) is 74.9 Å². The predicted molar refractivity (Wildman–Crippen MR) is 388 cm³/mol. The van der Waals surface area contributed by atoms with Crippen LogP contribution in [0.1, 0.15) is 303 Å². The SMILES string of the molecule is CCCCCC/C=C\CCCCCCCCCC(=O)OCC1OC(OC2C(O)C(O)C(O)C(OC3OC(CO)C(O)C(O)C3O)C2OP(=O)(O)OCC(COC(=O)CCCCCCCCCCCCCCCCCCC)OC(=O)/C=C/C=C/CCCCCCCCCCCCC)C(O)C(O)C1O. The molecule has 0 amide bonds. The van der Waals surface area contributed by atoms with Crippen LogP contribution >= 0.6 is 7.82 Å². The summed E-state index contributed by atoms with van der Waals surface area (Å²) in [5.41, 5.74) is 0. The molecule has 25 heteroatoms. The van der Waals surface area contributed by atoms with Crippen molar-refractivity contribution in [1.29, 1.82) is 0 Å². The first kappa shape index (κ1) is 93.4. The number of aliphatic hydroxyl groups is 10.